The first-order valence-electron chi connectivity index (χ1n) is 10.4. The molecule has 0 spiro atoms. The minimum Gasteiger partial charge on any atom is -0.433 e. The molecule has 198 valence electrons. The number of fused-ring (bicyclic) bond motifs is 3. The van der Waals surface area contributed by atoms with E-state index < -0.39 is 54.1 Å². The van der Waals surface area contributed by atoms with E-state index in [1.807, 2.05) is 0 Å². The molecular formula is C24H18F7NO5. The molecule has 1 unspecified atom stereocenters. The Balaban J connectivity index is 1.90. The summed E-state index contributed by atoms with van der Waals surface area (Å²) >= 11 is 0. The van der Waals surface area contributed by atoms with E-state index in [1.165, 1.54) is 6.07 Å². The van der Waals surface area contributed by atoms with Gasteiger partial charge in [0.15, 0.2) is 0 Å². The number of halogens is 7. The molecule has 37 heavy (non-hydrogen) atoms. The van der Waals surface area contributed by atoms with Crippen molar-refractivity contribution in [1.29, 1.82) is 0 Å². The van der Waals surface area contributed by atoms with Crippen molar-refractivity contribution in [2.45, 2.75) is 23.9 Å². The Morgan fingerprint density at radius 3 is 2.22 bits per heavy atom. The zero-order valence-corrected chi connectivity index (χ0v) is 19.0. The molecule has 1 atom stereocenters. The lowest BCUT2D eigenvalue weighted by atomic mass is 9.93. The molecule has 0 bridgehead atoms. The van der Waals surface area contributed by atoms with Gasteiger partial charge in [-0.05, 0) is 28.3 Å². The molecule has 2 aromatic carbocycles. The number of alkyl halides is 7. The number of carbonyl (C=O) groups excluding carboxylic acids is 2. The molecule has 0 radical (unpaired) electrons. The van der Waals surface area contributed by atoms with E-state index in [-0.39, 0.29) is 12.2 Å². The van der Waals surface area contributed by atoms with Crippen LogP contribution in [-0.4, -0.2) is 56.3 Å². The summed E-state index contributed by atoms with van der Waals surface area (Å²) in [5.74, 6) is -13.5. The fraction of sp³-hybridized carbons (Fsp3) is 0.292. The van der Waals surface area contributed by atoms with Crippen LogP contribution in [-0.2, 0) is 19.0 Å². The van der Waals surface area contributed by atoms with E-state index in [0.29, 0.717) is 23.7 Å². The molecule has 13 heteroatoms. The van der Waals surface area contributed by atoms with Crippen molar-refractivity contribution in [3.8, 4) is 11.1 Å². The summed E-state index contributed by atoms with van der Waals surface area (Å²) in [4.78, 5) is 25.9. The molecule has 0 N–H and O–H groups in total. The van der Waals surface area contributed by atoms with Gasteiger partial charge in [-0.1, -0.05) is 43.0 Å². The van der Waals surface area contributed by atoms with Gasteiger partial charge in [-0.15, -0.1) is 0 Å². The summed E-state index contributed by atoms with van der Waals surface area (Å²) in [5, 5.41) is 0. The van der Waals surface area contributed by atoms with Crippen LogP contribution >= 0.6 is 0 Å². The maximum absolute atomic E-state index is 14.4. The zero-order valence-electron chi connectivity index (χ0n) is 19.0. The smallest absolute Gasteiger partial charge is 0.433 e. The highest BCUT2D eigenvalue weighted by atomic mass is 19.4. The van der Waals surface area contributed by atoms with Crippen LogP contribution in [0.3, 0.4) is 0 Å². The largest absolute Gasteiger partial charge is 0.511 e. The first-order chi connectivity index (χ1) is 17.3. The number of ether oxygens (including phenoxy) is 3. The van der Waals surface area contributed by atoms with Crippen molar-refractivity contribution < 1.29 is 54.5 Å². The Morgan fingerprint density at radius 1 is 0.946 bits per heavy atom. The zero-order chi connectivity index (χ0) is 27.6. The number of rotatable bonds is 8. The lowest BCUT2D eigenvalue weighted by Gasteiger charge is -2.29. The van der Waals surface area contributed by atoms with Crippen LogP contribution in [0.15, 0.2) is 60.1 Å². The van der Waals surface area contributed by atoms with Gasteiger partial charge in [0, 0.05) is 24.6 Å². The summed E-state index contributed by atoms with van der Waals surface area (Å²) in [6, 6.07) is 9.68. The van der Waals surface area contributed by atoms with Crippen molar-refractivity contribution in [1.82, 2.24) is 0 Å². The predicted octanol–water partition coefficient (Wildman–Crippen LogP) is 5.89. The second-order valence-corrected chi connectivity index (χ2v) is 7.65. The van der Waals surface area contributed by atoms with Crippen LogP contribution in [0, 0.1) is 0 Å². The summed E-state index contributed by atoms with van der Waals surface area (Å²) in [6.07, 6.45) is -6.85. The van der Waals surface area contributed by atoms with Crippen LogP contribution in [0.1, 0.15) is 22.6 Å². The normalized spacial score (nSPS) is 15.5. The lowest BCUT2D eigenvalue weighted by Crippen LogP contribution is -2.56. The molecule has 0 saturated carbocycles. The molecule has 1 aliphatic carbocycles. The highest BCUT2D eigenvalue weighted by Crippen LogP contribution is 2.49. The average molecular weight is 533 g/mol. The number of nitrogens with zero attached hydrogens (tertiary/aromatic N) is 1. The molecule has 2 aromatic rings. The van der Waals surface area contributed by atoms with Crippen LogP contribution in [0.2, 0.25) is 0 Å². The number of carbonyl (C=O) groups is 2. The molecule has 3 rings (SSSR count). The van der Waals surface area contributed by atoms with Gasteiger partial charge in [0.1, 0.15) is 12.3 Å². The Labute approximate surface area is 205 Å². The van der Waals surface area contributed by atoms with Crippen molar-refractivity contribution in [2.75, 3.05) is 20.4 Å². The summed E-state index contributed by atoms with van der Waals surface area (Å²) < 4.78 is 109. The van der Waals surface area contributed by atoms with Gasteiger partial charge in [-0.2, -0.15) is 30.7 Å². The van der Waals surface area contributed by atoms with Crippen LogP contribution in [0.5, 0.6) is 0 Å². The fourth-order valence-corrected chi connectivity index (χ4v) is 3.80. The number of hydrogen-bond donors (Lipinski definition) is 0. The molecule has 0 amide bonds. The highest BCUT2D eigenvalue weighted by molar-refractivity contribution is 6.07. The standard InChI is InChI=1S/C24H18F7NO5/c1-3-19(33)36-12-37-21(34)35-11-18-15-7-5-4-6-14(15)17-10-13(8-9-16(17)18)20(32-2)22(25,26)23(27,28)24(29,30)31/h3-10,18H,1,11-12H2,2H3/b32-20-. The molecule has 0 aromatic heterocycles. The highest BCUT2D eigenvalue weighted by Gasteiger charge is 2.74. The number of hydrogen-bond acceptors (Lipinski definition) is 6. The molecule has 0 heterocycles. The van der Waals surface area contributed by atoms with Gasteiger partial charge >= 0.3 is 30.1 Å². The molecule has 0 saturated heterocycles. The minimum atomic E-state index is -6.52. The third-order valence-electron chi connectivity index (χ3n) is 5.51. The third kappa shape index (κ3) is 5.16. The first-order valence-corrected chi connectivity index (χ1v) is 10.4. The van der Waals surface area contributed by atoms with Crippen LogP contribution < -0.4 is 0 Å². The van der Waals surface area contributed by atoms with Crippen LogP contribution in [0.4, 0.5) is 35.5 Å². The van der Waals surface area contributed by atoms with E-state index in [9.17, 15) is 40.3 Å². The van der Waals surface area contributed by atoms with E-state index >= 15 is 0 Å². The predicted molar refractivity (Wildman–Crippen MR) is 116 cm³/mol. The fourth-order valence-electron chi connectivity index (χ4n) is 3.80. The van der Waals surface area contributed by atoms with Gasteiger partial charge in [0.2, 0.25) is 6.79 Å². The molecule has 0 fully saturated rings. The quantitative estimate of drug-likeness (QED) is 0.139. The Kier molecular flexibility index (Phi) is 7.65. The summed E-state index contributed by atoms with van der Waals surface area (Å²) in [6.45, 7) is 2.12. The maximum Gasteiger partial charge on any atom is 0.511 e. The first kappa shape index (κ1) is 27.7. The Morgan fingerprint density at radius 2 is 1.59 bits per heavy atom. The van der Waals surface area contributed by atoms with Gasteiger partial charge in [-0.3, -0.25) is 4.99 Å². The van der Waals surface area contributed by atoms with Crippen molar-refractivity contribution in [2.24, 2.45) is 4.99 Å². The molecular weight excluding hydrogens is 515 g/mol. The van der Waals surface area contributed by atoms with E-state index in [0.717, 1.165) is 18.2 Å². The topological polar surface area (TPSA) is 74.2 Å². The maximum atomic E-state index is 14.4. The molecule has 1 aliphatic rings. The van der Waals surface area contributed by atoms with Gasteiger partial charge in [0.25, 0.3) is 0 Å². The third-order valence-corrected chi connectivity index (χ3v) is 5.51. The van der Waals surface area contributed by atoms with E-state index in [2.05, 4.69) is 21.0 Å². The lowest BCUT2D eigenvalue weighted by molar-refractivity contribution is -0.336. The van der Waals surface area contributed by atoms with E-state index in [4.69, 9.17) is 4.74 Å². The summed E-state index contributed by atoms with van der Waals surface area (Å²) in [7, 11) is 0.686. The second kappa shape index (κ2) is 10.2. The van der Waals surface area contributed by atoms with Gasteiger partial charge in [-0.25, -0.2) is 9.59 Å². The molecule has 6 nitrogen and oxygen atoms in total. The monoisotopic (exact) mass is 533 g/mol. The van der Waals surface area contributed by atoms with E-state index in [1.54, 1.807) is 24.3 Å². The van der Waals surface area contributed by atoms with Crippen molar-refractivity contribution >= 4 is 17.8 Å². The number of benzene rings is 2. The average Bonchev–Trinajstić information content (AvgIpc) is 3.15. The number of esters is 1. The van der Waals surface area contributed by atoms with Gasteiger partial charge < -0.3 is 14.2 Å². The number of aliphatic imine (C=N–C) groups is 1. The Hall–Kier alpha value is -3.90. The SMILES string of the molecule is C=CC(=O)OCOC(=O)OCC1c2ccccc2-c2cc(/C(=N/C)C(F)(F)C(F)(F)C(F)(F)F)ccc21. The summed E-state index contributed by atoms with van der Waals surface area (Å²) in [5.41, 5.74) is -0.674. The van der Waals surface area contributed by atoms with Crippen molar-refractivity contribution in [3.63, 3.8) is 0 Å². The Bertz CT molecular complexity index is 1240. The second-order valence-electron chi connectivity index (χ2n) is 7.65. The molecule has 0 aliphatic heterocycles. The van der Waals surface area contributed by atoms with Crippen molar-refractivity contribution in [3.05, 3.63) is 71.8 Å². The van der Waals surface area contributed by atoms with Crippen LogP contribution in [0.25, 0.3) is 11.1 Å². The minimum absolute atomic E-state index is 0.252. The van der Waals surface area contributed by atoms with Gasteiger partial charge in [0.05, 0.1) is 0 Å².